The van der Waals surface area contributed by atoms with Crippen molar-refractivity contribution in [3.8, 4) is 44.5 Å². The monoisotopic (exact) mass is 572 g/mol. The van der Waals surface area contributed by atoms with E-state index in [1.54, 1.807) is 0 Å². The zero-order valence-electron chi connectivity index (χ0n) is 24.6. The molecule has 210 valence electrons. The van der Waals surface area contributed by atoms with Crippen LogP contribution in [-0.2, 0) is 0 Å². The van der Waals surface area contributed by atoms with Crippen LogP contribution in [0, 0.1) is 0 Å². The molecule has 0 N–H and O–H groups in total. The van der Waals surface area contributed by atoms with Gasteiger partial charge in [0.15, 0.2) is 0 Å². The van der Waals surface area contributed by atoms with E-state index in [-0.39, 0.29) is 0 Å². The second-order valence-electron chi connectivity index (χ2n) is 11.6. The number of fused-ring (bicyclic) bond motifs is 1. The molecule has 0 fully saturated rings. The zero-order valence-corrected chi connectivity index (χ0v) is 24.6. The second kappa shape index (κ2) is 10.4. The quantitative estimate of drug-likeness (QED) is 0.204. The van der Waals surface area contributed by atoms with Crippen molar-refractivity contribution in [2.24, 2.45) is 0 Å². The van der Waals surface area contributed by atoms with Crippen LogP contribution in [0.5, 0.6) is 0 Å². The molecule has 1 heteroatoms. The number of rotatable bonds is 4. The van der Waals surface area contributed by atoms with E-state index >= 15 is 0 Å². The highest BCUT2D eigenvalue weighted by atomic mass is 16.3. The minimum absolute atomic E-state index is 0.886. The Kier molecular flexibility index (Phi) is 5.89. The van der Waals surface area contributed by atoms with Gasteiger partial charge >= 0.3 is 0 Å². The predicted octanol–water partition coefficient (Wildman–Crippen LogP) is 12.6. The average Bonchev–Trinajstić information content (AvgIpc) is 3.26. The van der Waals surface area contributed by atoms with E-state index in [1.165, 1.54) is 66.1 Å². The molecule has 0 saturated carbocycles. The van der Waals surface area contributed by atoms with Gasteiger partial charge < -0.3 is 4.42 Å². The first kappa shape index (κ1) is 25.6. The highest BCUT2D eigenvalue weighted by molar-refractivity contribution is 6.26. The summed E-state index contributed by atoms with van der Waals surface area (Å²) in [5, 5.41) is 7.06. The summed E-state index contributed by atoms with van der Waals surface area (Å²) in [7, 11) is 0. The summed E-state index contributed by atoms with van der Waals surface area (Å²) in [4.78, 5) is 0. The van der Waals surface area contributed by atoms with Crippen LogP contribution in [-0.4, -0.2) is 0 Å². The van der Waals surface area contributed by atoms with Crippen LogP contribution in [0.4, 0.5) is 0 Å². The normalized spacial score (nSPS) is 11.6. The lowest BCUT2D eigenvalue weighted by Gasteiger charge is -2.14. The topological polar surface area (TPSA) is 13.1 Å². The fourth-order valence-corrected chi connectivity index (χ4v) is 7.13. The molecular formula is C44H28O. The molecule has 0 spiro atoms. The third-order valence-corrected chi connectivity index (χ3v) is 9.12. The first-order valence-electron chi connectivity index (χ1n) is 15.4. The van der Waals surface area contributed by atoms with Crippen molar-refractivity contribution < 1.29 is 4.42 Å². The average molecular weight is 573 g/mol. The molecule has 45 heavy (non-hydrogen) atoms. The summed E-state index contributed by atoms with van der Waals surface area (Å²) < 4.78 is 6.86. The summed E-state index contributed by atoms with van der Waals surface area (Å²) in [6.07, 6.45) is 0. The Hall–Kier alpha value is -5.92. The van der Waals surface area contributed by atoms with Crippen LogP contribution >= 0.6 is 0 Å². The molecule has 0 amide bonds. The Bertz CT molecular complexity index is 2340. The third kappa shape index (κ3) is 4.09. The van der Waals surface area contributed by atoms with Gasteiger partial charge in [0.1, 0.15) is 11.2 Å². The van der Waals surface area contributed by atoms with Gasteiger partial charge in [-0.25, -0.2) is 0 Å². The van der Waals surface area contributed by atoms with E-state index in [9.17, 15) is 0 Å². The maximum Gasteiger partial charge on any atom is 0.135 e. The van der Waals surface area contributed by atoms with Gasteiger partial charge in [-0.05, 0) is 78.2 Å². The SMILES string of the molecule is c1ccc(-c2ccccc2-c2ccc3oc4ccc(-c5ccccc5-c5ccccc5)c5cccc(c6cccc2c36)c45)cc1. The fraction of sp³-hybridized carbons (Fsp3) is 0. The van der Waals surface area contributed by atoms with Gasteiger partial charge in [0.05, 0.1) is 0 Å². The van der Waals surface area contributed by atoms with Gasteiger partial charge in [-0.2, -0.15) is 0 Å². The highest BCUT2D eigenvalue weighted by Crippen LogP contribution is 2.44. The maximum absolute atomic E-state index is 6.86. The molecule has 9 aromatic rings. The van der Waals surface area contributed by atoms with E-state index in [0.717, 1.165) is 21.9 Å². The van der Waals surface area contributed by atoms with E-state index < -0.39 is 0 Å². The van der Waals surface area contributed by atoms with Crippen molar-refractivity contribution in [1.29, 1.82) is 0 Å². The van der Waals surface area contributed by atoms with Crippen LogP contribution in [0.1, 0.15) is 0 Å². The Morgan fingerprint density at radius 1 is 0.244 bits per heavy atom. The molecule has 1 heterocycles. The Labute approximate surface area is 261 Å². The van der Waals surface area contributed by atoms with Crippen molar-refractivity contribution >= 4 is 43.5 Å². The minimum Gasteiger partial charge on any atom is -0.456 e. The van der Waals surface area contributed by atoms with Gasteiger partial charge in [0, 0.05) is 10.8 Å². The van der Waals surface area contributed by atoms with Crippen LogP contribution in [0.3, 0.4) is 0 Å². The summed E-state index contributed by atoms with van der Waals surface area (Å²) in [5.74, 6) is 0. The third-order valence-electron chi connectivity index (χ3n) is 9.12. The smallest absolute Gasteiger partial charge is 0.135 e. The van der Waals surface area contributed by atoms with Crippen LogP contribution in [0.25, 0.3) is 88.0 Å². The van der Waals surface area contributed by atoms with Crippen LogP contribution in [0.15, 0.2) is 174 Å². The van der Waals surface area contributed by atoms with E-state index in [0.29, 0.717) is 0 Å². The van der Waals surface area contributed by atoms with Gasteiger partial charge in [0.2, 0.25) is 0 Å². The second-order valence-corrected chi connectivity index (χ2v) is 11.6. The molecule has 0 aliphatic rings. The fourth-order valence-electron chi connectivity index (χ4n) is 7.13. The molecule has 0 atom stereocenters. The van der Waals surface area contributed by atoms with Gasteiger partial charge in [-0.3, -0.25) is 0 Å². The molecular weight excluding hydrogens is 544 g/mol. The maximum atomic E-state index is 6.86. The molecule has 0 bridgehead atoms. The Morgan fingerprint density at radius 3 is 1.07 bits per heavy atom. The molecule has 0 aliphatic heterocycles. The largest absolute Gasteiger partial charge is 0.456 e. The summed E-state index contributed by atoms with van der Waals surface area (Å²) in [6.45, 7) is 0. The van der Waals surface area contributed by atoms with Crippen LogP contribution in [0.2, 0.25) is 0 Å². The van der Waals surface area contributed by atoms with Crippen LogP contribution < -0.4 is 0 Å². The number of hydrogen-bond donors (Lipinski definition) is 0. The molecule has 8 aromatic carbocycles. The van der Waals surface area contributed by atoms with E-state index in [4.69, 9.17) is 4.42 Å². The van der Waals surface area contributed by atoms with Gasteiger partial charge in [-0.15, -0.1) is 0 Å². The van der Waals surface area contributed by atoms with Crippen molar-refractivity contribution in [2.75, 3.05) is 0 Å². The number of hydrogen-bond acceptors (Lipinski definition) is 1. The van der Waals surface area contributed by atoms with Crippen molar-refractivity contribution in [1.82, 2.24) is 0 Å². The minimum atomic E-state index is 0.886. The summed E-state index contributed by atoms with van der Waals surface area (Å²) in [5.41, 5.74) is 11.5. The Balaban J connectivity index is 1.35. The van der Waals surface area contributed by atoms with E-state index in [2.05, 4.69) is 170 Å². The molecule has 0 saturated heterocycles. The van der Waals surface area contributed by atoms with Crippen molar-refractivity contribution in [3.05, 3.63) is 170 Å². The predicted molar refractivity (Wildman–Crippen MR) is 190 cm³/mol. The molecule has 0 unspecified atom stereocenters. The summed E-state index contributed by atoms with van der Waals surface area (Å²) in [6, 6.07) is 60.8. The lowest BCUT2D eigenvalue weighted by molar-refractivity contribution is 0.664. The van der Waals surface area contributed by atoms with E-state index in [1.807, 2.05) is 0 Å². The summed E-state index contributed by atoms with van der Waals surface area (Å²) >= 11 is 0. The molecule has 9 rings (SSSR count). The standard InChI is InChI=1S/C44H28O/c1-3-13-29(14-4-1)31-17-7-9-19-33(31)35-25-27-41-43-37(35)21-11-23-39(43)40-24-12-22-38-36(26-28-42(45-41)44(38)40)34-20-10-8-18-32(34)30-15-5-2-6-16-30/h1-28H. The molecule has 1 nitrogen and oxygen atoms in total. The van der Waals surface area contributed by atoms with Crippen molar-refractivity contribution in [2.45, 2.75) is 0 Å². The van der Waals surface area contributed by atoms with Crippen molar-refractivity contribution in [3.63, 3.8) is 0 Å². The lowest BCUT2D eigenvalue weighted by atomic mass is 9.89. The first-order chi connectivity index (χ1) is 22.3. The first-order valence-corrected chi connectivity index (χ1v) is 15.4. The highest BCUT2D eigenvalue weighted by Gasteiger charge is 2.18. The van der Waals surface area contributed by atoms with Gasteiger partial charge in [-0.1, -0.05) is 158 Å². The number of benzene rings is 8. The molecule has 0 aliphatic carbocycles. The zero-order chi connectivity index (χ0) is 29.7. The lowest BCUT2D eigenvalue weighted by Crippen LogP contribution is -1.88. The molecule has 0 radical (unpaired) electrons. The van der Waals surface area contributed by atoms with Gasteiger partial charge in [0.25, 0.3) is 0 Å². The Morgan fingerprint density at radius 2 is 0.622 bits per heavy atom. The molecule has 1 aromatic heterocycles.